The molecule has 0 saturated carbocycles. The molecule has 0 spiro atoms. The molecule has 0 aliphatic rings. The molecule has 0 radical (unpaired) electrons. The molecule has 1 atom stereocenters. The number of alkyl halides is 2. The van der Waals surface area contributed by atoms with Crippen molar-refractivity contribution in [2.45, 2.75) is 19.3 Å². The molecule has 0 saturated heterocycles. The second-order valence-corrected chi connectivity index (χ2v) is 5.95. The van der Waals surface area contributed by atoms with Gasteiger partial charge in [-0.2, -0.15) is 8.78 Å². The minimum Gasteiger partial charge on any atom is -0.496 e. The van der Waals surface area contributed by atoms with Gasteiger partial charge in [-0.15, -0.1) is 0 Å². The maximum absolute atomic E-state index is 15.4. The third-order valence-corrected chi connectivity index (χ3v) is 4.21. The molecule has 0 fully saturated rings. The van der Waals surface area contributed by atoms with Crippen LogP contribution in [0.2, 0.25) is 0 Å². The summed E-state index contributed by atoms with van der Waals surface area (Å²) < 4.78 is 49.8. The van der Waals surface area contributed by atoms with Gasteiger partial charge in [0.15, 0.2) is 0 Å². The number of rotatable bonds is 7. The van der Waals surface area contributed by atoms with Gasteiger partial charge in [0.1, 0.15) is 17.7 Å². The van der Waals surface area contributed by atoms with E-state index in [1.807, 2.05) is 0 Å². The minimum absolute atomic E-state index is 0.0366. The first-order chi connectivity index (χ1) is 13.9. The molecule has 9 heteroatoms. The molecule has 0 bridgehead atoms. The highest BCUT2D eigenvalue weighted by atomic mass is 19.3. The summed E-state index contributed by atoms with van der Waals surface area (Å²) in [5.41, 5.74) is 0.805. The van der Waals surface area contributed by atoms with E-state index >= 15 is 4.39 Å². The SMILES string of the molecule is COc1ccc([C@@H](O)c2ccc(CO)nc2)c(F)c1-c1ccnc(OC(F)F)c1. The molecule has 0 aliphatic heterocycles. The number of methoxy groups -OCH3 is 1. The Labute approximate surface area is 164 Å². The van der Waals surface area contributed by atoms with Crippen molar-refractivity contribution in [3.8, 4) is 22.8 Å². The summed E-state index contributed by atoms with van der Waals surface area (Å²) in [6.07, 6.45) is 1.19. The van der Waals surface area contributed by atoms with Crippen LogP contribution in [0.25, 0.3) is 11.1 Å². The van der Waals surface area contributed by atoms with Crippen LogP contribution in [0.3, 0.4) is 0 Å². The average Bonchev–Trinajstić information content (AvgIpc) is 2.72. The van der Waals surface area contributed by atoms with Crippen LogP contribution >= 0.6 is 0 Å². The van der Waals surface area contributed by atoms with Crippen LogP contribution < -0.4 is 9.47 Å². The molecular formula is C20H17F3N2O4. The maximum atomic E-state index is 15.4. The summed E-state index contributed by atoms with van der Waals surface area (Å²) in [7, 11) is 1.34. The van der Waals surface area contributed by atoms with E-state index in [1.165, 1.54) is 49.8 Å². The minimum atomic E-state index is -3.08. The van der Waals surface area contributed by atoms with Gasteiger partial charge in [-0.3, -0.25) is 4.98 Å². The maximum Gasteiger partial charge on any atom is 0.388 e. The normalized spacial score (nSPS) is 12.1. The fourth-order valence-corrected chi connectivity index (χ4v) is 2.82. The van der Waals surface area contributed by atoms with E-state index in [0.29, 0.717) is 11.3 Å². The number of benzene rings is 1. The quantitative estimate of drug-likeness (QED) is 0.625. The third-order valence-electron chi connectivity index (χ3n) is 4.21. The Bertz CT molecular complexity index is 984. The third kappa shape index (κ3) is 4.47. The van der Waals surface area contributed by atoms with Gasteiger partial charge in [-0.25, -0.2) is 9.37 Å². The zero-order valence-corrected chi connectivity index (χ0v) is 15.2. The largest absolute Gasteiger partial charge is 0.496 e. The highest BCUT2D eigenvalue weighted by Gasteiger charge is 2.22. The smallest absolute Gasteiger partial charge is 0.388 e. The van der Waals surface area contributed by atoms with Crippen LogP contribution in [0, 0.1) is 5.82 Å². The summed E-state index contributed by atoms with van der Waals surface area (Å²) in [6.45, 7) is -3.34. The number of aliphatic hydroxyl groups is 2. The zero-order valence-electron chi connectivity index (χ0n) is 15.2. The number of nitrogens with zero attached hydrogens (tertiary/aromatic N) is 2. The fraction of sp³-hybridized carbons (Fsp3) is 0.200. The Morgan fingerprint density at radius 1 is 1.10 bits per heavy atom. The average molecular weight is 406 g/mol. The lowest BCUT2D eigenvalue weighted by atomic mass is 9.96. The van der Waals surface area contributed by atoms with E-state index in [0.717, 1.165) is 6.07 Å². The van der Waals surface area contributed by atoms with Crippen molar-refractivity contribution in [2.24, 2.45) is 0 Å². The van der Waals surface area contributed by atoms with Gasteiger partial charge < -0.3 is 19.7 Å². The topological polar surface area (TPSA) is 84.7 Å². The summed E-state index contributed by atoms with van der Waals surface area (Å²) >= 11 is 0. The molecule has 2 aromatic heterocycles. The molecule has 2 heterocycles. The van der Waals surface area contributed by atoms with Gasteiger partial charge in [0.05, 0.1) is 25.0 Å². The number of ether oxygens (including phenoxy) is 2. The van der Waals surface area contributed by atoms with Crippen LogP contribution in [0.4, 0.5) is 13.2 Å². The molecule has 6 nitrogen and oxygen atoms in total. The lowest BCUT2D eigenvalue weighted by Gasteiger charge is -2.17. The highest BCUT2D eigenvalue weighted by Crippen LogP contribution is 2.38. The Morgan fingerprint density at radius 3 is 2.52 bits per heavy atom. The van der Waals surface area contributed by atoms with Crippen LogP contribution in [0.1, 0.15) is 22.9 Å². The van der Waals surface area contributed by atoms with Crippen molar-refractivity contribution >= 4 is 0 Å². The fourth-order valence-electron chi connectivity index (χ4n) is 2.82. The van der Waals surface area contributed by atoms with Gasteiger partial charge in [0.2, 0.25) is 5.88 Å². The predicted molar refractivity (Wildman–Crippen MR) is 97.0 cm³/mol. The monoisotopic (exact) mass is 406 g/mol. The van der Waals surface area contributed by atoms with Gasteiger partial charge >= 0.3 is 6.61 Å². The summed E-state index contributed by atoms with van der Waals surface area (Å²) in [5.74, 6) is -1.03. The molecule has 0 aliphatic carbocycles. The van der Waals surface area contributed by atoms with Crippen LogP contribution in [-0.4, -0.2) is 33.9 Å². The van der Waals surface area contributed by atoms with Gasteiger partial charge in [-0.1, -0.05) is 6.07 Å². The van der Waals surface area contributed by atoms with Crippen LogP contribution in [0.15, 0.2) is 48.8 Å². The standard InChI is InChI=1S/C20H17F3N2O4/c1-28-15-5-4-14(19(27)12-2-3-13(10-26)25-9-12)18(21)17(15)11-6-7-24-16(8-11)29-20(22)23/h2-9,19-20,26-27H,10H2,1H3/t19-/m0/s1. The first-order valence-electron chi connectivity index (χ1n) is 8.46. The molecule has 3 rings (SSSR count). The molecule has 0 amide bonds. The Balaban J connectivity index is 2.06. The van der Waals surface area contributed by atoms with Crippen molar-refractivity contribution in [2.75, 3.05) is 7.11 Å². The molecular weight excluding hydrogens is 389 g/mol. The highest BCUT2D eigenvalue weighted by molar-refractivity contribution is 5.73. The molecule has 0 unspecified atom stereocenters. The number of pyridine rings is 2. The summed E-state index contributed by atoms with van der Waals surface area (Å²) in [4.78, 5) is 7.64. The van der Waals surface area contributed by atoms with Gasteiger partial charge in [0, 0.05) is 29.6 Å². The van der Waals surface area contributed by atoms with Gasteiger partial charge in [-0.05, 0) is 29.8 Å². The van der Waals surface area contributed by atoms with Crippen molar-refractivity contribution in [1.29, 1.82) is 0 Å². The van der Waals surface area contributed by atoms with Crippen molar-refractivity contribution in [3.63, 3.8) is 0 Å². The Kier molecular flexibility index (Phi) is 6.30. The molecule has 152 valence electrons. The van der Waals surface area contributed by atoms with E-state index in [4.69, 9.17) is 9.84 Å². The predicted octanol–water partition coefficient (Wildman–Crippen LogP) is 3.47. The second-order valence-electron chi connectivity index (χ2n) is 5.95. The number of hydrogen-bond donors (Lipinski definition) is 2. The number of aliphatic hydroxyl groups excluding tert-OH is 2. The van der Waals surface area contributed by atoms with E-state index in [-0.39, 0.29) is 34.9 Å². The molecule has 3 aromatic rings. The molecule has 1 aromatic carbocycles. The Morgan fingerprint density at radius 2 is 1.90 bits per heavy atom. The lowest BCUT2D eigenvalue weighted by Crippen LogP contribution is -2.07. The Hall–Kier alpha value is -3.17. The van der Waals surface area contributed by atoms with E-state index in [1.54, 1.807) is 0 Å². The van der Waals surface area contributed by atoms with Crippen molar-refractivity contribution < 1.29 is 32.9 Å². The first kappa shape index (κ1) is 20.6. The van der Waals surface area contributed by atoms with E-state index in [9.17, 15) is 13.9 Å². The van der Waals surface area contributed by atoms with Crippen LogP contribution in [-0.2, 0) is 6.61 Å². The number of halogens is 3. The summed E-state index contributed by atoms with van der Waals surface area (Å²) in [6, 6.07) is 8.42. The van der Waals surface area contributed by atoms with Crippen molar-refractivity contribution in [3.05, 3.63) is 71.4 Å². The van der Waals surface area contributed by atoms with E-state index < -0.39 is 18.5 Å². The number of aromatic nitrogens is 2. The molecule has 2 N–H and O–H groups in total. The summed E-state index contributed by atoms with van der Waals surface area (Å²) in [5, 5.41) is 19.7. The second kappa shape index (κ2) is 8.89. The lowest BCUT2D eigenvalue weighted by molar-refractivity contribution is -0.0528. The zero-order chi connectivity index (χ0) is 21.0. The first-order valence-corrected chi connectivity index (χ1v) is 8.46. The molecule has 29 heavy (non-hydrogen) atoms. The van der Waals surface area contributed by atoms with E-state index in [2.05, 4.69) is 14.7 Å². The van der Waals surface area contributed by atoms with Crippen LogP contribution in [0.5, 0.6) is 11.6 Å². The van der Waals surface area contributed by atoms with Crippen molar-refractivity contribution in [1.82, 2.24) is 9.97 Å². The van der Waals surface area contributed by atoms with Gasteiger partial charge in [0.25, 0.3) is 0 Å². The number of hydrogen-bond acceptors (Lipinski definition) is 6.